The van der Waals surface area contributed by atoms with E-state index in [2.05, 4.69) is 4.74 Å². The molecule has 0 aromatic carbocycles. The zero-order valence-electron chi connectivity index (χ0n) is 4.26. The highest BCUT2D eigenvalue weighted by Gasteiger charge is 2.11. The van der Waals surface area contributed by atoms with Crippen molar-refractivity contribution in [1.82, 2.24) is 0 Å². The topological polar surface area (TPSA) is 46.5 Å². The Morgan fingerprint density at radius 2 is 2.50 bits per heavy atom. The third-order valence-corrected chi connectivity index (χ3v) is 0.928. The van der Waals surface area contributed by atoms with Gasteiger partial charge in [0, 0.05) is 6.42 Å². The van der Waals surface area contributed by atoms with Crippen LogP contribution in [0.5, 0.6) is 0 Å². The molecule has 0 fully saturated rings. The van der Waals surface area contributed by atoms with Gasteiger partial charge in [-0.2, -0.15) is 0 Å². The number of allylic oxidation sites excluding steroid dienone is 1. The van der Waals surface area contributed by atoms with Gasteiger partial charge >= 0.3 is 0 Å². The van der Waals surface area contributed by atoms with Crippen molar-refractivity contribution in [3.05, 3.63) is 12.0 Å². The van der Waals surface area contributed by atoms with E-state index in [9.17, 15) is 4.79 Å². The molecular formula is C5H6O3. The van der Waals surface area contributed by atoms with E-state index in [-0.39, 0.29) is 11.5 Å². The first-order valence-electron chi connectivity index (χ1n) is 2.34. The largest absolute Gasteiger partial charge is 0.502 e. The third kappa shape index (κ3) is 0.804. The summed E-state index contributed by atoms with van der Waals surface area (Å²) in [5.74, 6) is -0.507. The van der Waals surface area contributed by atoms with Gasteiger partial charge in [-0.15, -0.1) is 0 Å². The molecule has 0 atom stereocenters. The average Bonchev–Trinajstić information content (AvgIpc) is 1.77. The standard InChI is InChI=1S/C5H6O3/c6-4-1-2-8-3-5(4)7/h3,7H,1-2H2. The Morgan fingerprint density at radius 3 is 2.88 bits per heavy atom. The number of rotatable bonds is 0. The summed E-state index contributed by atoms with van der Waals surface area (Å²) in [4.78, 5) is 10.4. The van der Waals surface area contributed by atoms with Crippen molar-refractivity contribution in [1.29, 1.82) is 0 Å². The first-order valence-corrected chi connectivity index (χ1v) is 2.34. The predicted octanol–water partition coefficient (Wildman–Crippen LogP) is 0.375. The number of hydrogen-bond acceptors (Lipinski definition) is 3. The monoisotopic (exact) mass is 114 g/mol. The Morgan fingerprint density at radius 1 is 1.75 bits per heavy atom. The summed E-state index contributed by atoms with van der Waals surface area (Å²) in [6, 6.07) is 0. The normalized spacial score (nSPS) is 19.5. The van der Waals surface area contributed by atoms with Gasteiger partial charge in [-0.25, -0.2) is 0 Å². The van der Waals surface area contributed by atoms with Crippen LogP contribution in [-0.4, -0.2) is 17.5 Å². The Hall–Kier alpha value is -0.990. The molecule has 3 nitrogen and oxygen atoms in total. The van der Waals surface area contributed by atoms with E-state index >= 15 is 0 Å². The van der Waals surface area contributed by atoms with Gasteiger partial charge in [-0.3, -0.25) is 4.79 Å². The molecule has 0 saturated carbocycles. The fourth-order valence-corrected chi connectivity index (χ4v) is 0.483. The number of aliphatic hydroxyl groups excluding tert-OH is 1. The number of carbonyl (C=O) groups excluding carboxylic acids is 1. The lowest BCUT2D eigenvalue weighted by molar-refractivity contribution is -0.120. The molecule has 1 rings (SSSR count). The van der Waals surface area contributed by atoms with Crippen LogP contribution >= 0.6 is 0 Å². The summed E-state index contributed by atoms with van der Waals surface area (Å²) >= 11 is 0. The molecule has 8 heavy (non-hydrogen) atoms. The molecule has 44 valence electrons. The minimum Gasteiger partial charge on any atom is -0.502 e. The van der Waals surface area contributed by atoms with Gasteiger partial charge in [-0.1, -0.05) is 0 Å². The SMILES string of the molecule is O=C1CCOC=C1O. The summed E-state index contributed by atoms with van der Waals surface area (Å²) in [6.45, 7) is 0.392. The first kappa shape index (κ1) is 5.15. The number of Topliss-reactive ketones (excluding diaryl/α,β-unsaturated/α-hetero) is 1. The molecule has 1 aliphatic rings. The van der Waals surface area contributed by atoms with Crippen molar-refractivity contribution in [3.8, 4) is 0 Å². The van der Waals surface area contributed by atoms with Crippen molar-refractivity contribution < 1.29 is 14.6 Å². The number of ether oxygens (including phenoxy) is 1. The van der Waals surface area contributed by atoms with Crippen LogP contribution in [0.25, 0.3) is 0 Å². The van der Waals surface area contributed by atoms with E-state index in [1.807, 2.05) is 0 Å². The second-order valence-electron chi connectivity index (χ2n) is 1.55. The number of ketones is 1. The average molecular weight is 114 g/mol. The molecule has 0 bridgehead atoms. The fourth-order valence-electron chi connectivity index (χ4n) is 0.483. The molecule has 0 radical (unpaired) electrons. The second kappa shape index (κ2) is 1.86. The van der Waals surface area contributed by atoms with E-state index in [0.717, 1.165) is 6.26 Å². The van der Waals surface area contributed by atoms with Gasteiger partial charge in [-0.05, 0) is 0 Å². The summed E-state index contributed by atoms with van der Waals surface area (Å²) < 4.78 is 4.62. The number of carbonyl (C=O) groups is 1. The van der Waals surface area contributed by atoms with Gasteiger partial charge in [0.25, 0.3) is 0 Å². The van der Waals surface area contributed by atoms with Crippen LogP contribution in [-0.2, 0) is 9.53 Å². The quantitative estimate of drug-likeness (QED) is 0.495. The van der Waals surface area contributed by atoms with E-state index in [1.165, 1.54) is 0 Å². The molecule has 1 aliphatic heterocycles. The fraction of sp³-hybridized carbons (Fsp3) is 0.400. The van der Waals surface area contributed by atoms with Crippen LogP contribution in [0.1, 0.15) is 6.42 Å². The van der Waals surface area contributed by atoms with E-state index in [1.54, 1.807) is 0 Å². The predicted molar refractivity (Wildman–Crippen MR) is 26.3 cm³/mol. The van der Waals surface area contributed by atoms with Crippen molar-refractivity contribution in [2.45, 2.75) is 6.42 Å². The molecule has 0 aromatic rings. The van der Waals surface area contributed by atoms with Gasteiger partial charge in [0.05, 0.1) is 6.61 Å². The van der Waals surface area contributed by atoms with Gasteiger partial charge in [0.2, 0.25) is 5.78 Å². The summed E-state index contributed by atoms with van der Waals surface area (Å²) in [6.07, 6.45) is 1.37. The molecule has 3 heteroatoms. The highest BCUT2D eigenvalue weighted by atomic mass is 16.5. The number of hydrogen-bond donors (Lipinski definition) is 1. The highest BCUT2D eigenvalue weighted by molar-refractivity contribution is 5.93. The summed E-state index contributed by atoms with van der Waals surface area (Å²) in [5, 5.41) is 8.56. The molecule has 1 N–H and O–H groups in total. The van der Waals surface area contributed by atoms with Crippen LogP contribution in [0.15, 0.2) is 12.0 Å². The van der Waals surface area contributed by atoms with Gasteiger partial charge in [0.1, 0.15) is 6.26 Å². The first-order chi connectivity index (χ1) is 3.80. The molecule has 0 amide bonds. The van der Waals surface area contributed by atoms with E-state index < -0.39 is 0 Å². The van der Waals surface area contributed by atoms with Crippen molar-refractivity contribution in [2.24, 2.45) is 0 Å². The minimum atomic E-state index is -0.267. The molecule has 0 spiro atoms. The molecule has 0 unspecified atom stereocenters. The lowest BCUT2D eigenvalue weighted by atomic mass is 10.2. The molecular weight excluding hydrogens is 108 g/mol. The van der Waals surface area contributed by atoms with Crippen molar-refractivity contribution in [3.63, 3.8) is 0 Å². The molecule has 0 saturated heterocycles. The van der Waals surface area contributed by atoms with Crippen molar-refractivity contribution in [2.75, 3.05) is 6.61 Å². The highest BCUT2D eigenvalue weighted by Crippen LogP contribution is 2.02. The van der Waals surface area contributed by atoms with Crippen LogP contribution in [0.2, 0.25) is 0 Å². The van der Waals surface area contributed by atoms with Crippen LogP contribution in [0.4, 0.5) is 0 Å². The van der Waals surface area contributed by atoms with Gasteiger partial charge < -0.3 is 9.84 Å². The van der Waals surface area contributed by atoms with Crippen molar-refractivity contribution >= 4 is 5.78 Å². The zero-order valence-corrected chi connectivity index (χ0v) is 4.26. The van der Waals surface area contributed by atoms with Gasteiger partial charge in [0.15, 0.2) is 5.76 Å². The molecule has 0 aromatic heterocycles. The molecule has 0 aliphatic carbocycles. The number of aliphatic hydroxyl groups is 1. The Labute approximate surface area is 46.6 Å². The van der Waals surface area contributed by atoms with Crippen LogP contribution in [0.3, 0.4) is 0 Å². The maximum absolute atomic E-state index is 10.4. The Balaban J connectivity index is 2.67. The Kier molecular flexibility index (Phi) is 1.20. The minimum absolute atomic E-state index is 0.240. The third-order valence-electron chi connectivity index (χ3n) is 0.928. The lowest BCUT2D eigenvalue weighted by Crippen LogP contribution is -2.10. The maximum atomic E-state index is 10.4. The smallest absolute Gasteiger partial charge is 0.203 e. The van der Waals surface area contributed by atoms with E-state index in [0.29, 0.717) is 13.0 Å². The summed E-state index contributed by atoms with van der Waals surface area (Å²) in [5.41, 5.74) is 0. The molecule has 1 heterocycles. The Bertz CT molecular complexity index is 137. The lowest BCUT2D eigenvalue weighted by Gasteiger charge is -2.05. The van der Waals surface area contributed by atoms with E-state index in [4.69, 9.17) is 5.11 Å². The zero-order chi connectivity index (χ0) is 5.98. The summed E-state index contributed by atoms with van der Waals surface area (Å²) in [7, 11) is 0. The van der Waals surface area contributed by atoms with Crippen LogP contribution < -0.4 is 0 Å². The second-order valence-corrected chi connectivity index (χ2v) is 1.55. The maximum Gasteiger partial charge on any atom is 0.203 e. The van der Waals surface area contributed by atoms with Crippen LogP contribution in [0, 0.1) is 0 Å².